The smallest absolute Gasteiger partial charge is 0.314 e. The Hall–Kier alpha value is -1.85. The molecule has 2 aliphatic heterocycles. The minimum absolute atomic E-state index is 0.00230. The number of fused-ring (bicyclic) bond motifs is 2. The van der Waals surface area contributed by atoms with Crippen molar-refractivity contribution in [1.82, 2.24) is 14.5 Å². The molecule has 0 saturated carbocycles. The van der Waals surface area contributed by atoms with E-state index in [4.69, 9.17) is 4.74 Å². The molecule has 0 spiro atoms. The zero-order valence-corrected chi connectivity index (χ0v) is 15.5. The van der Waals surface area contributed by atoms with Gasteiger partial charge < -0.3 is 14.2 Å². The second-order valence-electron chi connectivity index (χ2n) is 7.12. The number of aromatic nitrogens is 2. The number of imidazole rings is 1. The van der Waals surface area contributed by atoms with Crippen molar-refractivity contribution in [2.45, 2.75) is 77.9 Å². The Morgan fingerprint density at radius 1 is 1.32 bits per heavy atom. The van der Waals surface area contributed by atoms with E-state index in [0.29, 0.717) is 19.6 Å². The second-order valence-corrected chi connectivity index (χ2v) is 7.12. The summed E-state index contributed by atoms with van der Waals surface area (Å²) in [4.78, 5) is 31.8. The molecular weight excluding hydrogens is 318 g/mol. The molecule has 2 saturated heterocycles. The fourth-order valence-corrected chi connectivity index (χ4v) is 4.78. The predicted octanol–water partition coefficient (Wildman–Crippen LogP) is 2.56. The number of hydrogen-bond donors (Lipinski definition) is 0. The van der Waals surface area contributed by atoms with Gasteiger partial charge in [0.15, 0.2) is 0 Å². The summed E-state index contributed by atoms with van der Waals surface area (Å²) in [5, 5.41) is 0. The van der Waals surface area contributed by atoms with Crippen molar-refractivity contribution in [2.24, 2.45) is 5.41 Å². The van der Waals surface area contributed by atoms with Gasteiger partial charge in [-0.15, -0.1) is 0 Å². The zero-order valence-electron chi connectivity index (χ0n) is 15.5. The monoisotopic (exact) mass is 347 g/mol. The van der Waals surface area contributed by atoms with Crippen LogP contribution in [-0.4, -0.2) is 45.0 Å². The van der Waals surface area contributed by atoms with Crippen LogP contribution in [0.25, 0.3) is 0 Å². The van der Waals surface area contributed by atoms with Crippen LogP contribution in [0.15, 0.2) is 12.4 Å². The highest BCUT2D eigenvalue weighted by Crippen LogP contribution is 2.52. The third-order valence-electron chi connectivity index (χ3n) is 6.03. The summed E-state index contributed by atoms with van der Waals surface area (Å²) in [6, 6.07) is 0.192. The van der Waals surface area contributed by atoms with Crippen molar-refractivity contribution in [3.63, 3.8) is 0 Å². The summed E-state index contributed by atoms with van der Waals surface area (Å²) >= 11 is 0. The number of carbonyl (C=O) groups is 2. The van der Waals surface area contributed by atoms with Gasteiger partial charge in [-0.1, -0.05) is 13.8 Å². The van der Waals surface area contributed by atoms with Gasteiger partial charge in [0, 0.05) is 43.9 Å². The first-order valence-electron chi connectivity index (χ1n) is 9.55. The SMILES string of the molecule is CCOC(=O)[C@@]1(CC)C[C@H]2CC[C@@H]1N2C(=O)CCn1ccnc1CC. The van der Waals surface area contributed by atoms with Crippen molar-refractivity contribution < 1.29 is 14.3 Å². The third-order valence-corrected chi connectivity index (χ3v) is 6.03. The van der Waals surface area contributed by atoms with Crippen molar-refractivity contribution in [2.75, 3.05) is 6.61 Å². The molecule has 2 aliphatic rings. The summed E-state index contributed by atoms with van der Waals surface area (Å²) in [5.74, 6) is 1.04. The minimum Gasteiger partial charge on any atom is -0.466 e. The average Bonchev–Trinajstić information content (AvgIpc) is 3.32. The Kier molecular flexibility index (Phi) is 5.16. The molecule has 6 heteroatoms. The largest absolute Gasteiger partial charge is 0.466 e. The number of hydrogen-bond acceptors (Lipinski definition) is 4. The molecule has 0 aromatic carbocycles. The van der Waals surface area contributed by atoms with Crippen LogP contribution in [0.3, 0.4) is 0 Å². The Morgan fingerprint density at radius 3 is 2.80 bits per heavy atom. The maximum atomic E-state index is 12.9. The Balaban J connectivity index is 1.70. The van der Waals surface area contributed by atoms with E-state index in [1.807, 2.05) is 29.5 Å². The van der Waals surface area contributed by atoms with Crippen LogP contribution in [0.5, 0.6) is 0 Å². The molecule has 2 bridgehead atoms. The van der Waals surface area contributed by atoms with Crippen molar-refractivity contribution >= 4 is 11.9 Å². The van der Waals surface area contributed by atoms with Crippen LogP contribution >= 0.6 is 0 Å². The van der Waals surface area contributed by atoms with E-state index in [2.05, 4.69) is 11.9 Å². The predicted molar refractivity (Wildman–Crippen MR) is 93.9 cm³/mol. The first-order valence-corrected chi connectivity index (χ1v) is 9.55. The number of nitrogens with zero attached hydrogens (tertiary/aromatic N) is 3. The maximum absolute atomic E-state index is 12.9. The minimum atomic E-state index is -0.502. The molecule has 1 aromatic heterocycles. The van der Waals surface area contributed by atoms with E-state index >= 15 is 0 Å². The summed E-state index contributed by atoms with van der Waals surface area (Å²) in [7, 11) is 0. The number of carbonyl (C=O) groups excluding carboxylic acids is 2. The molecule has 25 heavy (non-hydrogen) atoms. The molecular formula is C19H29N3O3. The van der Waals surface area contributed by atoms with Crippen LogP contribution in [0.1, 0.15) is 58.7 Å². The highest BCUT2D eigenvalue weighted by molar-refractivity contribution is 5.83. The molecule has 6 nitrogen and oxygen atoms in total. The van der Waals surface area contributed by atoms with Crippen LogP contribution in [0, 0.1) is 5.41 Å². The van der Waals surface area contributed by atoms with E-state index in [9.17, 15) is 9.59 Å². The van der Waals surface area contributed by atoms with Gasteiger partial charge in [0.25, 0.3) is 0 Å². The Morgan fingerprint density at radius 2 is 2.12 bits per heavy atom. The van der Waals surface area contributed by atoms with Gasteiger partial charge >= 0.3 is 5.97 Å². The van der Waals surface area contributed by atoms with E-state index in [0.717, 1.165) is 37.9 Å². The standard InChI is InChI=1S/C19H29N3O3/c1-4-16-20-10-12-21(16)11-9-17(23)22-14-7-8-15(22)19(5-2,13-14)18(24)25-6-3/h10,12,14-15H,4-9,11,13H2,1-3H3/t14-,15+,19+/m1/s1. The Labute approximate surface area is 149 Å². The quantitative estimate of drug-likeness (QED) is 0.711. The lowest BCUT2D eigenvalue weighted by Gasteiger charge is -2.34. The topological polar surface area (TPSA) is 64.4 Å². The molecule has 3 rings (SSSR count). The summed E-state index contributed by atoms with van der Waals surface area (Å²) in [6.45, 7) is 6.99. The summed E-state index contributed by atoms with van der Waals surface area (Å²) < 4.78 is 7.41. The molecule has 138 valence electrons. The number of aryl methyl sites for hydroxylation is 2. The third kappa shape index (κ3) is 2.96. The lowest BCUT2D eigenvalue weighted by atomic mass is 9.72. The molecule has 0 unspecified atom stereocenters. The fourth-order valence-electron chi connectivity index (χ4n) is 4.78. The van der Waals surface area contributed by atoms with Gasteiger partial charge in [0.1, 0.15) is 5.82 Å². The highest BCUT2D eigenvalue weighted by atomic mass is 16.5. The van der Waals surface area contributed by atoms with E-state index < -0.39 is 5.41 Å². The molecule has 0 radical (unpaired) electrons. The highest BCUT2D eigenvalue weighted by Gasteiger charge is 2.60. The zero-order chi connectivity index (χ0) is 18.0. The number of rotatable bonds is 7. The van der Waals surface area contributed by atoms with Gasteiger partial charge in [0.2, 0.25) is 5.91 Å². The van der Waals surface area contributed by atoms with E-state index in [-0.39, 0.29) is 24.0 Å². The average molecular weight is 347 g/mol. The number of ether oxygens (including phenoxy) is 1. The van der Waals surface area contributed by atoms with Gasteiger partial charge in [-0.05, 0) is 32.6 Å². The molecule has 3 atom stereocenters. The van der Waals surface area contributed by atoms with Crippen LogP contribution in [-0.2, 0) is 27.3 Å². The fraction of sp³-hybridized carbons (Fsp3) is 0.737. The van der Waals surface area contributed by atoms with Crippen LogP contribution in [0.4, 0.5) is 0 Å². The number of amides is 1. The lowest BCUT2D eigenvalue weighted by molar-refractivity contribution is -0.158. The van der Waals surface area contributed by atoms with Crippen molar-refractivity contribution in [1.29, 1.82) is 0 Å². The van der Waals surface area contributed by atoms with Gasteiger partial charge in [-0.25, -0.2) is 4.98 Å². The first-order chi connectivity index (χ1) is 12.1. The van der Waals surface area contributed by atoms with Crippen LogP contribution in [0.2, 0.25) is 0 Å². The molecule has 0 aliphatic carbocycles. The van der Waals surface area contributed by atoms with Crippen molar-refractivity contribution in [3.05, 3.63) is 18.2 Å². The lowest BCUT2D eigenvalue weighted by Crippen LogP contribution is -2.45. The second kappa shape index (κ2) is 7.18. The first kappa shape index (κ1) is 18.0. The maximum Gasteiger partial charge on any atom is 0.314 e. The summed E-state index contributed by atoms with van der Waals surface area (Å²) in [6.07, 6.45) is 8.43. The van der Waals surface area contributed by atoms with Crippen molar-refractivity contribution in [3.8, 4) is 0 Å². The van der Waals surface area contributed by atoms with Crippen LogP contribution < -0.4 is 0 Å². The normalized spacial score (nSPS) is 27.7. The van der Waals surface area contributed by atoms with Gasteiger partial charge in [0.05, 0.1) is 12.0 Å². The van der Waals surface area contributed by atoms with Gasteiger partial charge in [-0.3, -0.25) is 9.59 Å². The Bertz CT molecular complexity index is 642. The molecule has 3 heterocycles. The molecule has 1 amide bonds. The van der Waals surface area contributed by atoms with E-state index in [1.54, 1.807) is 6.20 Å². The molecule has 0 N–H and O–H groups in total. The molecule has 2 fully saturated rings. The van der Waals surface area contributed by atoms with E-state index in [1.165, 1.54) is 0 Å². The molecule has 1 aromatic rings. The number of esters is 1. The summed E-state index contributed by atoms with van der Waals surface area (Å²) in [5.41, 5.74) is -0.502. The van der Waals surface area contributed by atoms with Gasteiger partial charge in [-0.2, -0.15) is 0 Å².